The van der Waals surface area contributed by atoms with Gasteiger partial charge < -0.3 is 14.6 Å². The fourth-order valence-electron chi connectivity index (χ4n) is 1.75. The van der Waals surface area contributed by atoms with E-state index in [0.29, 0.717) is 16.9 Å². The van der Waals surface area contributed by atoms with Crippen molar-refractivity contribution in [2.45, 2.75) is 0 Å². The number of aromatic hydroxyl groups is 1. The third-order valence-electron chi connectivity index (χ3n) is 2.68. The molecule has 2 rings (SSSR count). The van der Waals surface area contributed by atoms with Crippen LogP contribution < -0.4 is 9.47 Å². The van der Waals surface area contributed by atoms with Crippen LogP contribution >= 0.6 is 0 Å². The number of hydrogen-bond acceptors (Lipinski definition) is 3. The molecule has 0 amide bonds. The van der Waals surface area contributed by atoms with E-state index in [4.69, 9.17) is 9.47 Å². The van der Waals surface area contributed by atoms with E-state index in [1.54, 1.807) is 24.3 Å². The minimum atomic E-state index is -0.475. The molecular formula is C14H13FO3. The van der Waals surface area contributed by atoms with Crippen LogP contribution in [-0.4, -0.2) is 19.3 Å². The van der Waals surface area contributed by atoms with Gasteiger partial charge in [-0.05, 0) is 23.8 Å². The molecule has 2 aromatic carbocycles. The van der Waals surface area contributed by atoms with Gasteiger partial charge in [-0.1, -0.05) is 18.2 Å². The molecule has 1 N–H and O–H groups in total. The first kappa shape index (κ1) is 12.2. The molecule has 0 heterocycles. The van der Waals surface area contributed by atoms with Crippen LogP contribution in [0.5, 0.6) is 17.2 Å². The molecular weight excluding hydrogens is 235 g/mol. The third-order valence-corrected chi connectivity index (χ3v) is 2.68. The zero-order valence-electron chi connectivity index (χ0n) is 10.1. The second kappa shape index (κ2) is 4.96. The quantitative estimate of drug-likeness (QED) is 0.906. The van der Waals surface area contributed by atoms with E-state index in [9.17, 15) is 9.50 Å². The maximum absolute atomic E-state index is 13.6. The van der Waals surface area contributed by atoms with E-state index >= 15 is 0 Å². The number of methoxy groups -OCH3 is 2. The Hall–Kier alpha value is -2.23. The Morgan fingerprint density at radius 3 is 2.33 bits per heavy atom. The van der Waals surface area contributed by atoms with Gasteiger partial charge in [-0.25, -0.2) is 4.39 Å². The fraction of sp³-hybridized carbons (Fsp3) is 0.143. The standard InChI is InChI=1S/C14H13FO3/c1-17-12-7-6-9(8-11(12)15)10-4-3-5-13(18-2)14(10)16/h3-8,16H,1-2H3. The Balaban J connectivity index is 2.52. The lowest BCUT2D eigenvalue weighted by molar-refractivity contribution is 0.374. The van der Waals surface area contributed by atoms with Gasteiger partial charge in [0.05, 0.1) is 14.2 Å². The zero-order valence-corrected chi connectivity index (χ0v) is 10.1. The molecule has 0 unspecified atom stereocenters. The number of para-hydroxylation sites is 1. The van der Waals surface area contributed by atoms with Gasteiger partial charge in [0.2, 0.25) is 0 Å². The highest BCUT2D eigenvalue weighted by Gasteiger charge is 2.11. The monoisotopic (exact) mass is 248 g/mol. The largest absolute Gasteiger partial charge is 0.504 e. The molecule has 0 spiro atoms. The highest BCUT2D eigenvalue weighted by Crippen LogP contribution is 2.37. The number of hydrogen-bond donors (Lipinski definition) is 1. The Morgan fingerprint density at radius 1 is 1.00 bits per heavy atom. The summed E-state index contributed by atoms with van der Waals surface area (Å²) in [7, 11) is 2.87. The van der Waals surface area contributed by atoms with Crippen molar-refractivity contribution < 1.29 is 19.0 Å². The summed E-state index contributed by atoms with van der Waals surface area (Å²) >= 11 is 0. The summed E-state index contributed by atoms with van der Waals surface area (Å²) in [5.41, 5.74) is 1.07. The van der Waals surface area contributed by atoms with Crippen molar-refractivity contribution in [1.82, 2.24) is 0 Å². The Morgan fingerprint density at radius 2 is 1.72 bits per heavy atom. The number of halogens is 1. The molecule has 0 aromatic heterocycles. The zero-order chi connectivity index (χ0) is 13.1. The lowest BCUT2D eigenvalue weighted by atomic mass is 10.0. The van der Waals surface area contributed by atoms with Crippen molar-refractivity contribution >= 4 is 0 Å². The van der Waals surface area contributed by atoms with Crippen LogP contribution in [0, 0.1) is 5.82 Å². The normalized spacial score (nSPS) is 10.2. The van der Waals surface area contributed by atoms with E-state index < -0.39 is 5.82 Å². The average Bonchev–Trinajstić information content (AvgIpc) is 2.39. The minimum Gasteiger partial charge on any atom is -0.504 e. The van der Waals surface area contributed by atoms with Gasteiger partial charge in [0.25, 0.3) is 0 Å². The van der Waals surface area contributed by atoms with E-state index in [1.165, 1.54) is 26.4 Å². The summed E-state index contributed by atoms with van der Waals surface area (Å²) in [6, 6.07) is 9.57. The lowest BCUT2D eigenvalue weighted by Crippen LogP contribution is -1.90. The molecule has 0 atom stereocenters. The van der Waals surface area contributed by atoms with Crippen LogP contribution in [0.25, 0.3) is 11.1 Å². The van der Waals surface area contributed by atoms with Crippen LogP contribution in [0.1, 0.15) is 0 Å². The Kier molecular flexibility index (Phi) is 3.37. The molecule has 4 heteroatoms. The van der Waals surface area contributed by atoms with E-state index in [0.717, 1.165) is 0 Å². The molecule has 0 aliphatic carbocycles. The molecule has 0 saturated heterocycles. The van der Waals surface area contributed by atoms with Crippen molar-refractivity contribution in [3.63, 3.8) is 0 Å². The summed E-state index contributed by atoms with van der Waals surface area (Å²) in [6.07, 6.45) is 0. The number of rotatable bonds is 3. The van der Waals surface area contributed by atoms with Crippen LogP contribution in [0.2, 0.25) is 0 Å². The molecule has 94 valence electrons. The second-order valence-electron chi connectivity index (χ2n) is 3.71. The predicted molar refractivity (Wildman–Crippen MR) is 66.6 cm³/mol. The molecule has 0 bridgehead atoms. The summed E-state index contributed by atoms with van der Waals surface area (Å²) in [4.78, 5) is 0. The average molecular weight is 248 g/mol. The van der Waals surface area contributed by atoms with Gasteiger partial charge in [-0.15, -0.1) is 0 Å². The van der Waals surface area contributed by atoms with Crippen molar-refractivity contribution in [2.24, 2.45) is 0 Å². The molecule has 0 fully saturated rings. The fourth-order valence-corrected chi connectivity index (χ4v) is 1.75. The van der Waals surface area contributed by atoms with Gasteiger partial charge in [-0.3, -0.25) is 0 Å². The Labute approximate surface area is 104 Å². The summed E-state index contributed by atoms with van der Waals surface area (Å²) in [5, 5.41) is 9.98. The van der Waals surface area contributed by atoms with Gasteiger partial charge in [0.1, 0.15) is 0 Å². The summed E-state index contributed by atoms with van der Waals surface area (Å²) in [5.74, 6) is 0.0339. The Bertz CT molecular complexity index is 567. The van der Waals surface area contributed by atoms with Crippen LogP contribution in [0.3, 0.4) is 0 Å². The molecule has 18 heavy (non-hydrogen) atoms. The van der Waals surface area contributed by atoms with Gasteiger partial charge in [0.15, 0.2) is 23.1 Å². The predicted octanol–water partition coefficient (Wildman–Crippen LogP) is 3.22. The van der Waals surface area contributed by atoms with Crippen molar-refractivity contribution in [2.75, 3.05) is 14.2 Å². The first-order chi connectivity index (χ1) is 8.67. The topological polar surface area (TPSA) is 38.7 Å². The van der Waals surface area contributed by atoms with E-state index in [-0.39, 0.29) is 11.5 Å². The van der Waals surface area contributed by atoms with E-state index in [1.807, 2.05) is 0 Å². The first-order valence-corrected chi connectivity index (χ1v) is 5.37. The van der Waals surface area contributed by atoms with E-state index in [2.05, 4.69) is 0 Å². The van der Waals surface area contributed by atoms with Crippen LogP contribution in [0.4, 0.5) is 4.39 Å². The highest BCUT2D eigenvalue weighted by molar-refractivity contribution is 5.73. The summed E-state index contributed by atoms with van der Waals surface area (Å²) < 4.78 is 23.5. The van der Waals surface area contributed by atoms with Crippen molar-refractivity contribution in [3.05, 3.63) is 42.2 Å². The number of benzene rings is 2. The maximum Gasteiger partial charge on any atom is 0.165 e. The first-order valence-electron chi connectivity index (χ1n) is 5.37. The molecule has 2 aromatic rings. The number of phenols is 1. The van der Waals surface area contributed by atoms with Gasteiger partial charge in [-0.2, -0.15) is 0 Å². The smallest absolute Gasteiger partial charge is 0.165 e. The molecule has 0 aliphatic heterocycles. The molecule has 0 saturated carbocycles. The van der Waals surface area contributed by atoms with Gasteiger partial charge >= 0.3 is 0 Å². The summed E-state index contributed by atoms with van der Waals surface area (Å²) in [6.45, 7) is 0. The SMILES string of the molecule is COc1ccc(-c2cccc(OC)c2O)cc1F. The third kappa shape index (κ3) is 2.09. The number of phenolic OH excluding ortho intramolecular Hbond substituents is 1. The minimum absolute atomic E-state index is 0.00966. The second-order valence-corrected chi connectivity index (χ2v) is 3.71. The number of ether oxygens (including phenoxy) is 2. The molecule has 3 nitrogen and oxygen atoms in total. The highest BCUT2D eigenvalue weighted by atomic mass is 19.1. The van der Waals surface area contributed by atoms with Crippen molar-refractivity contribution in [3.8, 4) is 28.4 Å². The van der Waals surface area contributed by atoms with Crippen LogP contribution in [-0.2, 0) is 0 Å². The molecule has 0 aliphatic rings. The molecule has 0 radical (unpaired) electrons. The lowest BCUT2D eigenvalue weighted by Gasteiger charge is -2.10. The van der Waals surface area contributed by atoms with Gasteiger partial charge in [0, 0.05) is 5.56 Å². The van der Waals surface area contributed by atoms with Crippen molar-refractivity contribution in [1.29, 1.82) is 0 Å². The maximum atomic E-state index is 13.6. The van der Waals surface area contributed by atoms with Crippen LogP contribution in [0.15, 0.2) is 36.4 Å².